The van der Waals surface area contributed by atoms with Crippen molar-refractivity contribution in [3.05, 3.63) is 24.3 Å². The predicted molar refractivity (Wildman–Crippen MR) is 60.4 cm³/mol. The number of aliphatic hydroxyl groups is 1. The van der Waals surface area contributed by atoms with E-state index >= 15 is 0 Å². The van der Waals surface area contributed by atoms with Crippen LogP contribution in [0.2, 0.25) is 0 Å². The Morgan fingerprint density at radius 1 is 1.17 bits per heavy atom. The Labute approximate surface area is 103 Å². The summed E-state index contributed by atoms with van der Waals surface area (Å²) >= 11 is 0. The van der Waals surface area contributed by atoms with E-state index in [1.165, 1.54) is 24.3 Å². The van der Waals surface area contributed by atoms with Crippen molar-refractivity contribution in [3.8, 4) is 5.75 Å². The van der Waals surface area contributed by atoms with Gasteiger partial charge < -0.3 is 15.2 Å². The number of hydrogen-bond donors (Lipinski definition) is 2. The van der Waals surface area contributed by atoms with Gasteiger partial charge in [-0.05, 0) is 43.5 Å². The van der Waals surface area contributed by atoms with Crippen molar-refractivity contribution in [2.75, 3.05) is 5.32 Å². The fourth-order valence-corrected chi connectivity index (χ4v) is 2.08. The highest BCUT2D eigenvalue weighted by atomic mass is 19.4. The number of alkyl halides is 3. The molecule has 1 fully saturated rings. The Morgan fingerprint density at radius 3 is 2.33 bits per heavy atom. The van der Waals surface area contributed by atoms with Gasteiger partial charge in [0.25, 0.3) is 0 Å². The van der Waals surface area contributed by atoms with E-state index in [9.17, 15) is 18.3 Å². The maximum absolute atomic E-state index is 11.9. The van der Waals surface area contributed by atoms with Crippen LogP contribution in [0.1, 0.15) is 19.3 Å². The van der Waals surface area contributed by atoms with Crippen molar-refractivity contribution in [3.63, 3.8) is 0 Å². The molecule has 2 atom stereocenters. The normalized spacial score (nSPS) is 24.0. The third kappa shape index (κ3) is 3.53. The van der Waals surface area contributed by atoms with Gasteiger partial charge in [0, 0.05) is 5.69 Å². The van der Waals surface area contributed by atoms with Gasteiger partial charge >= 0.3 is 6.36 Å². The van der Waals surface area contributed by atoms with E-state index in [2.05, 4.69) is 10.1 Å². The molecule has 1 aromatic rings. The minimum atomic E-state index is -4.67. The summed E-state index contributed by atoms with van der Waals surface area (Å²) < 4.78 is 39.6. The molecular formula is C12H14F3NO2. The first kappa shape index (κ1) is 13.0. The first-order valence-electron chi connectivity index (χ1n) is 5.74. The van der Waals surface area contributed by atoms with Crippen molar-refractivity contribution in [2.24, 2.45) is 0 Å². The number of aliphatic hydroxyl groups excluding tert-OH is 1. The molecule has 0 aliphatic heterocycles. The second-order valence-corrected chi connectivity index (χ2v) is 4.32. The summed E-state index contributed by atoms with van der Waals surface area (Å²) in [6.07, 6.45) is -2.49. The van der Waals surface area contributed by atoms with Crippen molar-refractivity contribution in [1.82, 2.24) is 0 Å². The lowest BCUT2D eigenvalue weighted by Crippen LogP contribution is -2.27. The second kappa shape index (κ2) is 5.06. The molecule has 0 radical (unpaired) electrons. The van der Waals surface area contributed by atoms with Crippen molar-refractivity contribution >= 4 is 5.69 Å². The van der Waals surface area contributed by atoms with Crippen molar-refractivity contribution in [1.29, 1.82) is 0 Å². The van der Waals surface area contributed by atoms with Gasteiger partial charge in [0.2, 0.25) is 0 Å². The SMILES string of the molecule is O[C@H]1CCC[C@@H]1Nc1ccc(OC(F)(F)F)cc1. The van der Waals surface area contributed by atoms with E-state index in [-0.39, 0.29) is 11.8 Å². The molecule has 100 valence electrons. The Kier molecular flexibility index (Phi) is 3.65. The van der Waals surface area contributed by atoms with E-state index in [1.807, 2.05) is 0 Å². The van der Waals surface area contributed by atoms with Crippen LogP contribution >= 0.6 is 0 Å². The quantitative estimate of drug-likeness (QED) is 0.879. The van der Waals surface area contributed by atoms with Gasteiger partial charge in [0.15, 0.2) is 0 Å². The van der Waals surface area contributed by atoms with Gasteiger partial charge in [0.1, 0.15) is 5.75 Å². The van der Waals surface area contributed by atoms with E-state index in [0.717, 1.165) is 19.3 Å². The van der Waals surface area contributed by atoms with Crippen LogP contribution in [0.3, 0.4) is 0 Å². The molecule has 0 bridgehead atoms. The molecule has 0 heterocycles. The minimum absolute atomic E-state index is 0.0283. The molecule has 1 saturated carbocycles. The van der Waals surface area contributed by atoms with Crippen LogP contribution in [0.5, 0.6) is 5.75 Å². The lowest BCUT2D eigenvalue weighted by Gasteiger charge is -2.18. The summed E-state index contributed by atoms with van der Waals surface area (Å²) in [4.78, 5) is 0. The van der Waals surface area contributed by atoms with Crippen molar-refractivity contribution < 1.29 is 23.0 Å². The predicted octanol–water partition coefficient (Wildman–Crippen LogP) is 2.91. The molecule has 2 N–H and O–H groups in total. The monoisotopic (exact) mass is 261 g/mol. The zero-order valence-electron chi connectivity index (χ0n) is 9.57. The van der Waals surface area contributed by atoms with Crippen LogP contribution < -0.4 is 10.1 Å². The highest BCUT2D eigenvalue weighted by Crippen LogP contribution is 2.26. The van der Waals surface area contributed by atoms with E-state index in [1.54, 1.807) is 0 Å². The number of ether oxygens (including phenoxy) is 1. The van der Waals surface area contributed by atoms with E-state index < -0.39 is 12.5 Å². The summed E-state index contributed by atoms with van der Waals surface area (Å²) in [6.45, 7) is 0. The highest BCUT2D eigenvalue weighted by Gasteiger charge is 2.31. The summed E-state index contributed by atoms with van der Waals surface area (Å²) in [5.41, 5.74) is 0.676. The molecule has 1 aliphatic carbocycles. The molecule has 2 rings (SSSR count). The average molecular weight is 261 g/mol. The zero-order chi connectivity index (χ0) is 13.2. The molecule has 1 aromatic carbocycles. The van der Waals surface area contributed by atoms with Crippen LogP contribution in [0.15, 0.2) is 24.3 Å². The Hall–Kier alpha value is -1.43. The first-order valence-corrected chi connectivity index (χ1v) is 5.74. The van der Waals surface area contributed by atoms with Gasteiger partial charge in [-0.15, -0.1) is 13.2 Å². The van der Waals surface area contributed by atoms with Gasteiger partial charge in [-0.1, -0.05) is 0 Å². The molecule has 18 heavy (non-hydrogen) atoms. The van der Waals surface area contributed by atoms with Gasteiger partial charge in [-0.3, -0.25) is 0 Å². The van der Waals surface area contributed by atoms with Crippen LogP contribution in [-0.2, 0) is 0 Å². The first-order chi connectivity index (χ1) is 8.44. The highest BCUT2D eigenvalue weighted by molar-refractivity contribution is 5.47. The summed E-state index contributed by atoms with van der Waals surface area (Å²) in [7, 11) is 0. The van der Waals surface area contributed by atoms with Gasteiger partial charge in [-0.25, -0.2) is 0 Å². The fourth-order valence-electron chi connectivity index (χ4n) is 2.08. The number of benzene rings is 1. The molecule has 0 unspecified atom stereocenters. The number of halogens is 3. The average Bonchev–Trinajstić information content (AvgIpc) is 2.65. The van der Waals surface area contributed by atoms with Gasteiger partial charge in [-0.2, -0.15) is 0 Å². The molecule has 0 spiro atoms. The topological polar surface area (TPSA) is 41.5 Å². The standard InChI is InChI=1S/C12H14F3NO2/c13-12(14,15)18-9-6-4-8(5-7-9)16-10-2-1-3-11(10)17/h4-7,10-11,16-17H,1-3H2/t10-,11-/m0/s1. The molecule has 6 heteroatoms. The Bertz CT molecular complexity index is 391. The third-order valence-electron chi connectivity index (χ3n) is 2.92. The number of hydrogen-bond acceptors (Lipinski definition) is 3. The van der Waals surface area contributed by atoms with E-state index in [0.29, 0.717) is 5.69 Å². The van der Waals surface area contributed by atoms with Crippen molar-refractivity contribution in [2.45, 2.75) is 37.8 Å². The zero-order valence-corrected chi connectivity index (χ0v) is 9.57. The second-order valence-electron chi connectivity index (χ2n) is 4.32. The minimum Gasteiger partial charge on any atom is -0.406 e. The smallest absolute Gasteiger partial charge is 0.406 e. The van der Waals surface area contributed by atoms with E-state index in [4.69, 9.17) is 0 Å². The maximum atomic E-state index is 11.9. The Morgan fingerprint density at radius 2 is 1.83 bits per heavy atom. The Balaban J connectivity index is 1.95. The van der Waals surface area contributed by atoms with Crippen LogP contribution in [0.4, 0.5) is 18.9 Å². The molecular weight excluding hydrogens is 247 g/mol. The largest absolute Gasteiger partial charge is 0.573 e. The lowest BCUT2D eigenvalue weighted by molar-refractivity contribution is -0.274. The summed E-state index contributed by atoms with van der Waals surface area (Å²) in [6, 6.07) is 5.48. The van der Waals surface area contributed by atoms with Gasteiger partial charge in [0.05, 0.1) is 12.1 Å². The van der Waals surface area contributed by atoms with Crippen LogP contribution in [0.25, 0.3) is 0 Å². The van der Waals surface area contributed by atoms with Crippen LogP contribution in [0, 0.1) is 0 Å². The molecule has 0 amide bonds. The maximum Gasteiger partial charge on any atom is 0.573 e. The molecule has 1 aliphatic rings. The molecule has 3 nitrogen and oxygen atoms in total. The number of rotatable bonds is 3. The number of anilines is 1. The lowest BCUT2D eigenvalue weighted by atomic mass is 10.2. The third-order valence-corrected chi connectivity index (χ3v) is 2.92. The summed E-state index contributed by atoms with van der Waals surface area (Å²) in [5.74, 6) is -0.250. The summed E-state index contributed by atoms with van der Waals surface area (Å²) in [5, 5.41) is 12.7. The molecule has 0 aromatic heterocycles. The van der Waals surface area contributed by atoms with Crippen LogP contribution in [-0.4, -0.2) is 23.6 Å². The molecule has 0 saturated heterocycles. The number of nitrogens with one attached hydrogen (secondary N) is 1. The fraction of sp³-hybridized carbons (Fsp3) is 0.500.